The van der Waals surface area contributed by atoms with Gasteiger partial charge in [0.05, 0.1) is 0 Å². The van der Waals surface area contributed by atoms with Crippen molar-refractivity contribution >= 4 is 6.29 Å². The molecule has 0 saturated carbocycles. The van der Waals surface area contributed by atoms with Crippen LogP contribution >= 0.6 is 0 Å². The van der Waals surface area contributed by atoms with Crippen molar-refractivity contribution in [1.29, 1.82) is 0 Å². The van der Waals surface area contributed by atoms with E-state index in [0.717, 1.165) is 23.5 Å². The number of rotatable bonds is 2. The first-order valence-electron chi connectivity index (χ1n) is 4.66. The Bertz CT molecular complexity index is 488. The summed E-state index contributed by atoms with van der Waals surface area (Å²) >= 11 is 0. The van der Waals surface area contributed by atoms with Crippen LogP contribution in [-0.4, -0.2) is 21.1 Å². The normalized spacial score (nSPS) is 10.3. The molecule has 2 aromatic rings. The predicted molar refractivity (Wildman–Crippen MR) is 56.2 cm³/mol. The Labute approximate surface area is 87.6 Å². The van der Waals surface area contributed by atoms with Crippen molar-refractivity contribution in [1.82, 2.24) is 14.8 Å². The standard InChI is InChI=1S/C11H11N3O/c1-8-6-10(7-15)9(2)14(8)11-4-3-5-12-13-11/h3-7H,1-2H3. The van der Waals surface area contributed by atoms with E-state index in [9.17, 15) is 4.79 Å². The van der Waals surface area contributed by atoms with Gasteiger partial charge < -0.3 is 4.57 Å². The quantitative estimate of drug-likeness (QED) is 0.695. The summed E-state index contributed by atoms with van der Waals surface area (Å²) in [7, 11) is 0. The summed E-state index contributed by atoms with van der Waals surface area (Å²) in [5, 5.41) is 7.83. The Kier molecular flexibility index (Phi) is 2.33. The van der Waals surface area contributed by atoms with Gasteiger partial charge in [0.1, 0.15) is 0 Å². The number of nitrogens with zero attached hydrogens (tertiary/aromatic N) is 3. The van der Waals surface area contributed by atoms with Crippen LogP contribution in [0.25, 0.3) is 5.82 Å². The van der Waals surface area contributed by atoms with Crippen molar-refractivity contribution in [2.45, 2.75) is 13.8 Å². The fourth-order valence-electron chi connectivity index (χ4n) is 1.67. The van der Waals surface area contributed by atoms with Crippen LogP contribution in [0.1, 0.15) is 21.7 Å². The number of aromatic nitrogens is 3. The van der Waals surface area contributed by atoms with E-state index in [1.165, 1.54) is 0 Å². The number of carbonyl (C=O) groups is 1. The molecule has 0 saturated heterocycles. The molecule has 15 heavy (non-hydrogen) atoms. The molecule has 0 aliphatic rings. The molecule has 0 spiro atoms. The van der Waals surface area contributed by atoms with E-state index in [4.69, 9.17) is 0 Å². The SMILES string of the molecule is Cc1cc(C=O)c(C)n1-c1cccnn1. The van der Waals surface area contributed by atoms with Gasteiger partial charge in [0.25, 0.3) is 0 Å². The van der Waals surface area contributed by atoms with Crippen LogP contribution in [0.5, 0.6) is 0 Å². The van der Waals surface area contributed by atoms with Gasteiger partial charge in [-0.15, -0.1) is 5.10 Å². The molecular weight excluding hydrogens is 190 g/mol. The Morgan fingerprint density at radius 2 is 2.20 bits per heavy atom. The van der Waals surface area contributed by atoms with Crippen LogP contribution < -0.4 is 0 Å². The van der Waals surface area contributed by atoms with E-state index in [1.54, 1.807) is 6.20 Å². The van der Waals surface area contributed by atoms with E-state index in [1.807, 2.05) is 36.6 Å². The van der Waals surface area contributed by atoms with Crippen molar-refractivity contribution in [2.75, 3.05) is 0 Å². The molecule has 2 heterocycles. The molecule has 0 bridgehead atoms. The average molecular weight is 201 g/mol. The largest absolute Gasteiger partial charge is 0.301 e. The van der Waals surface area contributed by atoms with Crippen LogP contribution in [-0.2, 0) is 0 Å². The Hall–Kier alpha value is -1.97. The molecule has 4 heteroatoms. The highest BCUT2D eigenvalue weighted by atomic mass is 16.1. The zero-order valence-electron chi connectivity index (χ0n) is 8.64. The molecular formula is C11H11N3O. The monoisotopic (exact) mass is 201 g/mol. The van der Waals surface area contributed by atoms with Crippen molar-refractivity contribution < 1.29 is 4.79 Å². The molecule has 0 aliphatic heterocycles. The summed E-state index contributed by atoms with van der Waals surface area (Å²) in [6.45, 7) is 3.83. The van der Waals surface area contributed by atoms with E-state index in [2.05, 4.69) is 10.2 Å². The molecule has 0 atom stereocenters. The zero-order chi connectivity index (χ0) is 10.8. The van der Waals surface area contributed by atoms with Crippen molar-refractivity contribution in [2.24, 2.45) is 0 Å². The van der Waals surface area contributed by atoms with Gasteiger partial charge in [0.2, 0.25) is 0 Å². The summed E-state index contributed by atoms with van der Waals surface area (Å²) in [4.78, 5) is 10.8. The van der Waals surface area contributed by atoms with Gasteiger partial charge in [0, 0.05) is 23.1 Å². The molecule has 0 unspecified atom stereocenters. The second kappa shape index (κ2) is 3.65. The maximum absolute atomic E-state index is 10.8. The molecule has 0 aliphatic carbocycles. The molecule has 0 fully saturated rings. The van der Waals surface area contributed by atoms with Crippen LogP contribution in [0, 0.1) is 13.8 Å². The maximum Gasteiger partial charge on any atom is 0.159 e. The lowest BCUT2D eigenvalue weighted by molar-refractivity contribution is 0.112. The zero-order valence-corrected chi connectivity index (χ0v) is 8.64. The molecule has 0 N–H and O–H groups in total. The second-order valence-corrected chi connectivity index (χ2v) is 3.36. The average Bonchev–Trinajstić information content (AvgIpc) is 2.55. The van der Waals surface area contributed by atoms with E-state index in [-0.39, 0.29) is 0 Å². The minimum absolute atomic E-state index is 0.693. The molecule has 0 radical (unpaired) electrons. The van der Waals surface area contributed by atoms with Crippen LogP contribution in [0.15, 0.2) is 24.4 Å². The van der Waals surface area contributed by atoms with Crippen molar-refractivity contribution in [3.8, 4) is 5.82 Å². The van der Waals surface area contributed by atoms with Gasteiger partial charge in [0.15, 0.2) is 12.1 Å². The topological polar surface area (TPSA) is 47.8 Å². The Morgan fingerprint density at radius 1 is 1.40 bits per heavy atom. The van der Waals surface area contributed by atoms with Crippen LogP contribution in [0.4, 0.5) is 0 Å². The third-order valence-corrected chi connectivity index (χ3v) is 2.38. The van der Waals surface area contributed by atoms with Gasteiger partial charge >= 0.3 is 0 Å². The lowest BCUT2D eigenvalue weighted by Gasteiger charge is -2.06. The van der Waals surface area contributed by atoms with Gasteiger partial charge in [-0.25, -0.2) is 0 Å². The predicted octanol–water partition coefficient (Wildman–Crippen LogP) is 1.70. The van der Waals surface area contributed by atoms with Crippen LogP contribution in [0.3, 0.4) is 0 Å². The number of carbonyl (C=O) groups excluding carboxylic acids is 1. The van der Waals surface area contributed by atoms with Gasteiger partial charge in [-0.2, -0.15) is 5.10 Å². The van der Waals surface area contributed by atoms with E-state index >= 15 is 0 Å². The molecule has 2 rings (SSSR count). The molecule has 2 aromatic heterocycles. The summed E-state index contributed by atoms with van der Waals surface area (Å²) in [5.74, 6) is 0.737. The van der Waals surface area contributed by atoms with Crippen LogP contribution in [0.2, 0.25) is 0 Å². The maximum atomic E-state index is 10.8. The van der Waals surface area contributed by atoms with E-state index in [0.29, 0.717) is 5.56 Å². The number of hydrogen-bond donors (Lipinski definition) is 0. The van der Waals surface area contributed by atoms with Gasteiger partial charge in [-0.05, 0) is 32.0 Å². The first kappa shape index (κ1) is 9.58. The highest BCUT2D eigenvalue weighted by molar-refractivity contribution is 5.77. The Balaban J connectivity index is 2.63. The number of aldehydes is 1. The summed E-state index contributed by atoms with van der Waals surface area (Å²) in [6.07, 6.45) is 2.48. The summed E-state index contributed by atoms with van der Waals surface area (Å²) < 4.78 is 1.91. The van der Waals surface area contributed by atoms with Gasteiger partial charge in [-0.3, -0.25) is 4.79 Å². The Morgan fingerprint density at radius 3 is 2.73 bits per heavy atom. The lowest BCUT2D eigenvalue weighted by atomic mass is 10.3. The first-order valence-corrected chi connectivity index (χ1v) is 4.66. The van der Waals surface area contributed by atoms with Gasteiger partial charge in [-0.1, -0.05) is 0 Å². The smallest absolute Gasteiger partial charge is 0.159 e. The number of aryl methyl sites for hydroxylation is 1. The first-order chi connectivity index (χ1) is 7.24. The highest BCUT2D eigenvalue weighted by Gasteiger charge is 2.10. The van der Waals surface area contributed by atoms with Crippen molar-refractivity contribution in [3.63, 3.8) is 0 Å². The van der Waals surface area contributed by atoms with Crippen molar-refractivity contribution in [3.05, 3.63) is 41.3 Å². The third-order valence-electron chi connectivity index (χ3n) is 2.38. The summed E-state index contributed by atoms with van der Waals surface area (Å²) in [6, 6.07) is 5.53. The second-order valence-electron chi connectivity index (χ2n) is 3.36. The van der Waals surface area contributed by atoms with E-state index < -0.39 is 0 Å². The molecule has 0 aromatic carbocycles. The summed E-state index contributed by atoms with van der Waals surface area (Å²) in [5.41, 5.74) is 2.57. The highest BCUT2D eigenvalue weighted by Crippen LogP contribution is 2.17. The molecule has 76 valence electrons. The fourth-order valence-corrected chi connectivity index (χ4v) is 1.67. The minimum atomic E-state index is 0.693. The fraction of sp³-hybridized carbons (Fsp3) is 0.182. The lowest BCUT2D eigenvalue weighted by Crippen LogP contribution is -2.02. The molecule has 4 nitrogen and oxygen atoms in total. The minimum Gasteiger partial charge on any atom is -0.301 e. The number of hydrogen-bond acceptors (Lipinski definition) is 3. The molecule has 0 amide bonds. The third kappa shape index (κ3) is 1.54.